The minimum Gasteiger partial charge on any atom is -0.313 e. The van der Waals surface area contributed by atoms with Gasteiger partial charge in [0.25, 0.3) is 0 Å². The molecule has 2 nitrogen and oxygen atoms in total. The second kappa shape index (κ2) is 5.61. The van der Waals surface area contributed by atoms with E-state index in [1.54, 1.807) is 0 Å². The van der Waals surface area contributed by atoms with Gasteiger partial charge in [0.05, 0.1) is 0 Å². The quantitative estimate of drug-likeness (QED) is 0.718. The Hall–Kier alpha value is -0.0800. The van der Waals surface area contributed by atoms with Crippen LogP contribution < -0.4 is 5.32 Å². The van der Waals surface area contributed by atoms with Crippen molar-refractivity contribution in [1.29, 1.82) is 0 Å². The van der Waals surface area contributed by atoms with Crippen molar-refractivity contribution in [3.63, 3.8) is 0 Å². The first kappa shape index (κ1) is 11.0. The summed E-state index contributed by atoms with van der Waals surface area (Å²) in [5, 5.41) is 3.59. The van der Waals surface area contributed by atoms with E-state index in [2.05, 4.69) is 31.0 Å². The Morgan fingerprint density at radius 2 is 2.15 bits per heavy atom. The fourth-order valence-electron chi connectivity index (χ4n) is 2.03. The highest BCUT2D eigenvalue weighted by Crippen LogP contribution is 2.06. The van der Waals surface area contributed by atoms with Gasteiger partial charge in [-0.1, -0.05) is 20.8 Å². The normalized spacial score (nSPS) is 26.3. The van der Waals surface area contributed by atoms with Crippen LogP contribution in [0.3, 0.4) is 0 Å². The molecule has 0 aliphatic carbocycles. The second-order valence-corrected chi connectivity index (χ2v) is 4.54. The smallest absolute Gasteiger partial charge is 0.0107 e. The molecule has 1 N–H and O–H groups in total. The summed E-state index contributed by atoms with van der Waals surface area (Å²) in [7, 11) is 0. The Labute approximate surface area is 82.7 Å². The first-order chi connectivity index (χ1) is 6.22. The van der Waals surface area contributed by atoms with Gasteiger partial charge in [0.1, 0.15) is 0 Å². The number of nitrogens with one attached hydrogen (secondary N) is 1. The monoisotopic (exact) mass is 184 g/mol. The van der Waals surface area contributed by atoms with Crippen LogP contribution >= 0.6 is 0 Å². The van der Waals surface area contributed by atoms with Crippen molar-refractivity contribution in [2.24, 2.45) is 5.92 Å². The van der Waals surface area contributed by atoms with Crippen molar-refractivity contribution in [2.75, 3.05) is 26.2 Å². The van der Waals surface area contributed by atoms with E-state index < -0.39 is 0 Å². The predicted octanol–water partition coefficient (Wildman–Crippen LogP) is 1.72. The summed E-state index contributed by atoms with van der Waals surface area (Å²) in [6.45, 7) is 11.8. The molecule has 78 valence electrons. The lowest BCUT2D eigenvalue weighted by atomic mass is 10.1. The maximum Gasteiger partial charge on any atom is 0.0107 e. The van der Waals surface area contributed by atoms with Crippen LogP contribution in [0.25, 0.3) is 0 Å². The van der Waals surface area contributed by atoms with Gasteiger partial charge < -0.3 is 10.2 Å². The topological polar surface area (TPSA) is 15.3 Å². The summed E-state index contributed by atoms with van der Waals surface area (Å²) in [6.07, 6.45) is 2.60. The Balaban J connectivity index is 2.27. The van der Waals surface area contributed by atoms with Gasteiger partial charge in [-0.3, -0.25) is 0 Å². The van der Waals surface area contributed by atoms with E-state index in [9.17, 15) is 0 Å². The standard InChI is InChI=1S/C11H24N2/c1-4-11-5-7-13(8-6-12-11)9-10(2)3/h10-12H,4-9H2,1-3H3. The van der Waals surface area contributed by atoms with E-state index in [1.807, 2.05) is 0 Å². The lowest BCUT2D eigenvalue weighted by Gasteiger charge is -2.21. The third-order valence-corrected chi connectivity index (χ3v) is 2.77. The third kappa shape index (κ3) is 4.10. The largest absolute Gasteiger partial charge is 0.313 e. The van der Waals surface area contributed by atoms with Gasteiger partial charge in [-0.05, 0) is 25.3 Å². The Bertz CT molecular complexity index is 134. The molecule has 1 unspecified atom stereocenters. The molecule has 0 spiro atoms. The zero-order chi connectivity index (χ0) is 9.68. The average molecular weight is 184 g/mol. The van der Waals surface area contributed by atoms with Crippen LogP contribution in [0, 0.1) is 5.92 Å². The molecule has 0 saturated carbocycles. The molecule has 2 heteroatoms. The Kier molecular flexibility index (Phi) is 4.74. The number of hydrogen-bond donors (Lipinski definition) is 1. The summed E-state index contributed by atoms with van der Waals surface area (Å²) in [6, 6.07) is 0.761. The van der Waals surface area contributed by atoms with Gasteiger partial charge in [0, 0.05) is 25.7 Å². The Morgan fingerprint density at radius 1 is 1.38 bits per heavy atom. The van der Waals surface area contributed by atoms with Crippen molar-refractivity contribution in [3.8, 4) is 0 Å². The van der Waals surface area contributed by atoms with E-state index in [4.69, 9.17) is 0 Å². The van der Waals surface area contributed by atoms with Gasteiger partial charge in [0.15, 0.2) is 0 Å². The van der Waals surface area contributed by atoms with Gasteiger partial charge in [0.2, 0.25) is 0 Å². The first-order valence-electron chi connectivity index (χ1n) is 5.68. The van der Waals surface area contributed by atoms with Crippen molar-refractivity contribution in [3.05, 3.63) is 0 Å². The highest BCUT2D eigenvalue weighted by molar-refractivity contribution is 4.74. The van der Waals surface area contributed by atoms with E-state index in [-0.39, 0.29) is 0 Å². The number of nitrogens with zero attached hydrogens (tertiary/aromatic N) is 1. The molecule has 1 aliphatic rings. The third-order valence-electron chi connectivity index (χ3n) is 2.77. The highest BCUT2D eigenvalue weighted by atomic mass is 15.2. The minimum atomic E-state index is 0.761. The summed E-state index contributed by atoms with van der Waals surface area (Å²) < 4.78 is 0. The molecule has 0 radical (unpaired) electrons. The van der Waals surface area contributed by atoms with Crippen LogP contribution in [-0.2, 0) is 0 Å². The number of hydrogen-bond acceptors (Lipinski definition) is 2. The fourth-order valence-corrected chi connectivity index (χ4v) is 2.03. The van der Waals surface area contributed by atoms with Gasteiger partial charge in [-0.25, -0.2) is 0 Å². The molecular formula is C11H24N2. The van der Waals surface area contributed by atoms with Crippen LogP contribution in [0.5, 0.6) is 0 Å². The zero-order valence-corrected chi connectivity index (χ0v) is 9.34. The first-order valence-corrected chi connectivity index (χ1v) is 5.68. The molecule has 1 rings (SSSR count). The molecule has 1 fully saturated rings. The minimum absolute atomic E-state index is 0.761. The van der Waals surface area contributed by atoms with Crippen LogP contribution in [0.15, 0.2) is 0 Å². The maximum absolute atomic E-state index is 3.59. The summed E-state index contributed by atoms with van der Waals surface area (Å²) in [4.78, 5) is 2.59. The van der Waals surface area contributed by atoms with Crippen LogP contribution in [-0.4, -0.2) is 37.1 Å². The van der Waals surface area contributed by atoms with Crippen LogP contribution in [0.1, 0.15) is 33.6 Å². The van der Waals surface area contributed by atoms with Crippen molar-refractivity contribution in [2.45, 2.75) is 39.7 Å². The average Bonchev–Trinajstić information content (AvgIpc) is 2.29. The lowest BCUT2D eigenvalue weighted by molar-refractivity contribution is 0.258. The van der Waals surface area contributed by atoms with Crippen LogP contribution in [0.4, 0.5) is 0 Å². The molecule has 0 bridgehead atoms. The molecule has 13 heavy (non-hydrogen) atoms. The second-order valence-electron chi connectivity index (χ2n) is 4.54. The molecule has 1 heterocycles. The number of rotatable bonds is 3. The van der Waals surface area contributed by atoms with Gasteiger partial charge in [-0.15, -0.1) is 0 Å². The summed E-state index contributed by atoms with van der Waals surface area (Å²) >= 11 is 0. The Morgan fingerprint density at radius 3 is 2.77 bits per heavy atom. The van der Waals surface area contributed by atoms with Gasteiger partial charge in [-0.2, -0.15) is 0 Å². The molecule has 1 atom stereocenters. The van der Waals surface area contributed by atoms with E-state index in [1.165, 1.54) is 39.0 Å². The summed E-state index contributed by atoms with van der Waals surface area (Å²) in [5.74, 6) is 0.804. The van der Waals surface area contributed by atoms with Crippen molar-refractivity contribution >= 4 is 0 Å². The van der Waals surface area contributed by atoms with E-state index in [0.717, 1.165) is 12.0 Å². The maximum atomic E-state index is 3.59. The zero-order valence-electron chi connectivity index (χ0n) is 9.34. The van der Waals surface area contributed by atoms with Gasteiger partial charge >= 0.3 is 0 Å². The molecule has 0 aromatic rings. The van der Waals surface area contributed by atoms with Crippen molar-refractivity contribution in [1.82, 2.24) is 10.2 Å². The molecule has 0 aromatic carbocycles. The van der Waals surface area contributed by atoms with E-state index in [0.29, 0.717) is 0 Å². The molecule has 0 aromatic heterocycles. The molecule has 1 aliphatic heterocycles. The molecule has 1 saturated heterocycles. The SMILES string of the molecule is CCC1CCN(CC(C)C)CCN1. The van der Waals surface area contributed by atoms with Crippen molar-refractivity contribution < 1.29 is 0 Å². The fraction of sp³-hybridized carbons (Fsp3) is 1.00. The summed E-state index contributed by atoms with van der Waals surface area (Å²) in [5.41, 5.74) is 0. The van der Waals surface area contributed by atoms with E-state index >= 15 is 0 Å². The molecule has 0 amide bonds. The molecular weight excluding hydrogens is 160 g/mol. The predicted molar refractivity (Wildman–Crippen MR) is 58.0 cm³/mol. The highest BCUT2D eigenvalue weighted by Gasteiger charge is 2.14. The van der Waals surface area contributed by atoms with Crippen LogP contribution in [0.2, 0.25) is 0 Å². The lowest BCUT2D eigenvalue weighted by Crippen LogP contribution is -2.31.